The number of ketones is 1. The number of carbonyl (C=O) groups excluding carboxylic acids is 1. The highest BCUT2D eigenvalue weighted by molar-refractivity contribution is 9.10. The Morgan fingerprint density at radius 1 is 1.29 bits per heavy atom. The van der Waals surface area contributed by atoms with Gasteiger partial charge >= 0.3 is 6.36 Å². The van der Waals surface area contributed by atoms with Crippen LogP contribution in [0.1, 0.15) is 25.7 Å². The Balaban J connectivity index is 1.92. The molecule has 1 aliphatic carbocycles. The molecular weight excluding hydrogens is 353 g/mol. The molecule has 3 nitrogen and oxygen atoms in total. The fraction of sp³-hybridized carbons (Fsp3) is 0.500. The third kappa shape index (κ3) is 4.91. The van der Waals surface area contributed by atoms with Gasteiger partial charge in [-0.2, -0.15) is 0 Å². The van der Waals surface area contributed by atoms with E-state index in [9.17, 15) is 18.0 Å². The Morgan fingerprint density at radius 3 is 2.52 bits per heavy atom. The van der Waals surface area contributed by atoms with Crippen molar-refractivity contribution < 1.29 is 27.4 Å². The van der Waals surface area contributed by atoms with Crippen LogP contribution in [0.4, 0.5) is 13.2 Å². The van der Waals surface area contributed by atoms with Gasteiger partial charge < -0.3 is 9.47 Å². The molecule has 2 rings (SSSR count). The number of halogens is 4. The summed E-state index contributed by atoms with van der Waals surface area (Å²) in [6.07, 6.45) is -0.839. The molecule has 0 amide bonds. The summed E-state index contributed by atoms with van der Waals surface area (Å²) in [5, 5.41) is 0. The second kappa shape index (κ2) is 6.68. The van der Waals surface area contributed by atoms with Crippen LogP contribution in [0.15, 0.2) is 22.7 Å². The Morgan fingerprint density at radius 2 is 1.95 bits per heavy atom. The topological polar surface area (TPSA) is 35.5 Å². The molecule has 21 heavy (non-hydrogen) atoms. The first kappa shape index (κ1) is 16.1. The number of ether oxygens (including phenoxy) is 2. The molecule has 116 valence electrons. The molecule has 0 saturated heterocycles. The normalized spacial score (nSPS) is 16.0. The van der Waals surface area contributed by atoms with Crippen molar-refractivity contribution in [3.63, 3.8) is 0 Å². The van der Waals surface area contributed by atoms with Crippen molar-refractivity contribution in [2.24, 2.45) is 5.92 Å². The summed E-state index contributed by atoms with van der Waals surface area (Å²) in [5.74, 6) is 0.0697. The van der Waals surface area contributed by atoms with E-state index in [1.807, 2.05) is 0 Å². The fourth-order valence-electron chi connectivity index (χ4n) is 2.30. The number of hydrogen-bond acceptors (Lipinski definition) is 3. The van der Waals surface area contributed by atoms with E-state index < -0.39 is 6.36 Å². The first-order valence-electron chi connectivity index (χ1n) is 6.56. The van der Waals surface area contributed by atoms with Gasteiger partial charge in [-0.1, -0.05) is 12.8 Å². The van der Waals surface area contributed by atoms with E-state index in [4.69, 9.17) is 4.74 Å². The molecule has 1 fully saturated rings. The number of benzene rings is 1. The van der Waals surface area contributed by atoms with E-state index >= 15 is 0 Å². The molecule has 0 aliphatic heterocycles. The maximum atomic E-state index is 12.1. The molecule has 1 saturated carbocycles. The van der Waals surface area contributed by atoms with Crippen LogP contribution in [0.25, 0.3) is 0 Å². The zero-order valence-corrected chi connectivity index (χ0v) is 12.7. The average Bonchev–Trinajstić information content (AvgIpc) is 2.91. The van der Waals surface area contributed by atoms with E-state index in [0.29, 0.717) is 5.75 Å². The monoisotopic (exact) mass is 366 g/mol. The van der Waals surface area contributed by atoms with Gasteiger partial charge in [-0.25, -0.2) is 0 Å². The summed E-state index contributed by atoms with van der Waals surface area (Å²) >= 11 is 2.98. The van der Waals surface area contributed by atoms with Gasteiger partial charge in [-0.05, 0) is 47.0 Å². The van der Waals surface area contributed by atoms with Gasteiger partial charge in [-0.3, -0.25) is 4.79 Å². The van der Waals surface area contributed by atoms with E-state index in [1.165, 1.54) is 12.1 Å². The number of carbonyl (C=O) groups is 1. The van der Waals surface area contributed by atoms with Crippen molar-refractivity contribution in [2.45, 2.75) is 32.0 Å². The molecular formula is C14H14BrF3O3. The average molecular weight is 367 g/mol. The summed E-state index contributed by atoms with van der Waals surface area (Å²) in [6, 6.07) is 3.84. The van der Waals surface area contributed by atoms with Gasteiger partial charge in [0.15, 0.2) is 5.78 Å². The molecule has 0 radical (unpaired) electrons. The molecule has 0 aromatic heterocycles. The Bertz CT molecular complexity index is 511. The highest BCUT2D eigenvalue weighted by Gasteiger charge is 2.32. The van der Waals surface area contributed by atoms with Gasteiger partial charge in [0.2, 0.25) is 0 Å². The Labute approximate surface area is 128 Å². The molecule has 1 aromatic rings. The smallest absolute Gasteiger partial charge is 0.486 e. The van der Waals surface area contributed by atoms with Crippen LogP contribution in [0.3, 0.4) is 0 Å². The predicted molar refractivity (Wildman–Crippen MR) is 73.3 cm³/mol. The summed E-state index contributed by atoms with van der Waals surface area (Å²) in [6.45, 7) is -0.0589. The molecule has 0 N–H and O–H groups in total. The minimum absolute atomic E-state index is 0.0410. The van der Waals surface area contributed by atoms with Crippen LogP contribution in [0.2, 0.25) is 0 Å². The molecule has 0 unspecified atom stereocenters. The number of rotatable bonds is 5. The summed E-state index contributed by atoms with van der Waals surface area (Å²) < 4.78 is 45.7. The van der Waals surface area contributed by atoms with Crippen LogP contribution < -0.4 is 9.47 Å². The Kier molecular flexibility index (Phi) is 5.13. The van der Waals surface area contributed by atoms with Crippen LogP contribution in [0, 0.1) is 5.92 Å². The lowest BCUT2D eigenvalue weighted by molar-refractivity contribution is -0.274. The third-order valence-corrected chi connectivity index (χ3v) is 3.94. The van der Waals surface area contributed by atoms with Crippen molar-refractivity contribution >= 4 is 21.7 Å². The number of hydrogen-bond donors (Lipinski definition) is 0. The maximum absolute atomic E-state index is 12.1. The lowest BCUT2D eigenvalue weighted by Crippen LogP contribution is -2.19. The molecule has 0 spiro atoms. The summed E-state index contributed by atoms with van der Waals surface area (Å²) in [4.78, 5) is 11.8. The number of alkyl halides is 3. The molecule has 1 aromatic carbocycles. The van der Waals surface area contributed by atoms with Gasteiger partial charge in [0.1, 0.15) is 18.1 Å². The van der Waals surface area contributed by atoms with Gasteiger partial charge in [-0.15, -0.1) is 13.2 Å². The minimum atomic E-state index is -4.75. The van der Waals surface area contributed by atoms with Crippen LogP contribution in [0.5, 0.6) is 11.5 Å². The quantitative estimate of drug-likeness (QED) is 0.770. The highest BCUT2D eigenvalue weighted by atomic mass is 79.9. The van der Waals surface area contributed by atoms with Crippen molar-refractivity contribution in [2.75, 3.05) is 6.61 Å². The fourth-order valence-corrected chi connectivity index (χ4v) is 2.74. The SMILES string of the molecule is O=C(COc1ccc(OC(F)(F)F)c(Br)c1)C1CCCC1. The highest BCUT2D eigenvalue weighted by Crippen LogP contribution is 2.33. The second-order valence-corrected chi connectivity index (χ2v) is 5.73. The van der Waals surface area contributed by atoms with E-state index in [2.05, 4.69) is 20.7 Å². The minimum Gasteiger partial charge on any atom is -0.486 e. The zero-order valence-electron chi connectivity index (χ0n) is 11.1. The van der Waals surface area contributed by atoms with Crippen molar-refractivity contribution in [3.05, 3.63) is 22.7 Å². The third-order valence-electron chi connectivity index (χ3n) is 3.32. The molecule has 0 bridgehead atoms. The van der Waals surface area contributed by atoms with E-state index in [-0.39, 0.29) is 28.5 Å². The van der Waals surface area contributed by atoms with Crippen molar-refractivity contribution in [1.29, 1.82) is 0 Å². The van der Waals surface area contributed by atoms with Gasteiger partial charge in [0, 0.05) is 5.92 Å². The zero-order chi connectivity index (χ0) is 15.5. The number of Topliss-reactive ketones (excluding diaryl/α,β-unsaturated/α-hetero) is 1. The van der Waals surface area contributed by atoms with Crippen LogP contribution >= 0.6 is 15.9 Å². The van der Waals surface area contributed by atoms with Crippen LogP contribution in [-0.4, -0.2) is 18.8 Å². The first-order chi connectivity index (χ1) is 9.85. The molecule has 7 heteroatoms. The van der Waals surface area contributed by atoms with Crippen molar-refractivity contribution in [1.82, 2.24) is 0 Å². The van der Waals surface area contributed by atoms with E-state index in [1.54, 1.807) is 0 Å². The maximum Gasteiger partial charge on any atom is 0.573 e. The standard InChI is InChI=1S/C14H14BrF3O3/c15-11-7-10(5-6-13(11)21-14(16,17)18)20-8-12(19)9-3-1-2-4-9/h5-7,9H,1-4,8H2. The predicted octanol–water partition coefficient (Wildman–Crippen LogP) is 4.49. The molecule has 0 heterocycles. The first-order valence-corrected chi connectivity index (χ1v) is 7.35. The summed E-state index contributed by atoms with van der Waals surface area (Å²) in [7, 11) is 0. The van der Waals surface area contributed by atoms with Gasteiger partial charge in [0.25, 0.3) is 0 Å². The largest absolute Gasteiger partial charge is 0.573 e. The second-order valence-electron chi connectivity index (χ2n) is 4.88. The Hall–Kier alpha value is -1.24. The lowest BCUT2D eigenvalue weighted by atomic mass is 10.0. The van der Waals surface area contributed by atoms with E-state index in [0.717, 1.165) is 31.7 Å². The van der Waals surface area contributed by atoms with Crippen LogP contribution in [-0.2, 0) is 4.79 Å². The van der Waals surface area contributed by atoms with Gasteiger partial charge in [0.05, 0.1) is 4.47 Å². The summed E-state index contributed by atoms with van der Waals surface area (Å²) in [5.41, 5.74) is 0. The van der Waals surface area contributed by atoms with Crippen molar-refractivity contribution in [3.8, 4) is 11.5 Å². The lowest BCUT2D eigenvalue weighted by Gasteiger charge is -2.13. The molecule has 0 atom stereocenters. The molecule has 1 aliphatic rings.